The molecule has 5 aliphatic carbocycles. The quantitative estimate of drug-likeness (QED) is 0.150. The van der Waals surface area contributed by atoms with Crippen molar-refractivity contribution < 1.29 is 47.0 Å². The van der Waals surface area contributed by atoms with Crippen molar-refractivity contribution in [2.45, 2.75) is 120 Å². The molecule has 58 heavy (non-hydrogen) atoms. The zero-order valence-electron chi connectivity index (χ0n) is 31.9. The predicted molar refractivity (Wildman–Crippen MR) is 211 cm³/mol. The van der Waals surface area contributed by atoms with Gasteiger partial charge in [0.15, 0.2) is 0 Å². The van der Waals surface area contributed by atoms with E-state index >= 15 is 0 Å². The van der Waals surface area contributed by atoms with Crippen LogP contribution in [0.15, 0.2) is 63.1 Å². The predicted octanol–water partition coefficient (Wildman–Crippen LogP) is 7.63. The van der Waals surface area contributed by atoms with Gasteiger partial charge < -0.3 is 14.8 Å². The summed E-state index contributed by atoms with van der Waals surface area (Å²) in [5.41, 5.74) is 2.05. The molecule has 1 N–H and O–H groups in total. The highest BCUT2D eigenvalue weighted by Gasteiger charge is 2.43. The Morgan fingerprint density at radius 3 is 1.72 bits per heavy atom. The van der Waals surface area contributed by atoms with E-state index in [1.54, 1.807) is 0 Å². The molecule has 0 aromatic heterocycles. The highest BCUT2D eigenvalue weighted by atomic mass is 35.5. The molecule has 0 bridgehead atoms. The number of amides is 4. The number of carbonyl (C=O) groups is 6. The van der Waals surface area contributed by atoms with Crippen LogP contribution < -0.4 is 10.2 Å². The maximum absolute atomic E-state index is 14.6. The lowest BCUT2D eigenvalue weighted by Crippen LogP contribution is -2.34. The average Bonchev–Trinajstić information content (AvgIpc) is 4.01. The van der Waals surface area contributed by atoms with Gasteiger partial charge in [0.25, 0.3) is 23.6 Å². The average molecular weight is 842 g/mol. The van der Waals surface area contributed by atoms with Crippen molar-refractivity contribution >= 4 is 75.9 Å². The fourth-order valence-electron chi connectivity index (χ4n) is 8.44. The van der Waals surface area contributed by atoms with Crippen LogP contribution in [0.3, 0.4) is 0 Å². The zero-order valence-corrected chi connectivity index (χ0v) is 33.4. The summed E-state index contributed by atoms with van der Waals surface area (Å²) in [6.07, 6.45) is 15.4. The van der Waals surface area contributed by atoms with Crippen LogP contribution in [-0.2, 0) is 38.2 Å². The molecule has 1 atom stereocenters. The van der Waals surface area contributed by atoms with Crippen LogP contribution in [0.25, 0.3) is 0 Å². The molecule has 0 saturated heterocycles. The molecule has 1 unspecified atom stereocenters. The van der Waals surface area contributed by atoms with E-state index in [1.807, 2.05) is 0 Å². The smallest absolute Gasteiger partial charge is 0.327 e. The minimum atomic E-state index is -0.895. The van der Waals surface area contributed by atoms with Crippen LogP contribution >= 0.6 is 23.2 Å². The first-order chi connectivity index (χ1) is 27.9. The van der Waals surface area contributed by atoms with Gasteiger partial charge in [0.05, 0.1) is 33.2 Å². The Balaban J connectivity index is 0.000000177. The fourth-order valence-corrected chi connectivity index (χ4v) is 8.90. The van der Waals surface area contributed by atoms with Gasteiger partial charge in [-0.25, -0.2) is 18.6 Å². The number of rotatable bonds is 9. The number of nitrogens with zero attached hydrogens (tertiary/aromatic N) is 3. The number of ether oxygens (including phenoxy) is 2. The number of imide groups is 2. The molecule has 2 aliphatic heterocycles. The molecule has 7 aliphatic rings. The van der Waals surface area contributed by atoms with Crippen LogP contribution in [0.4, 0.5) is 20.2 Å². The van der Waals surface area contributed by atoms with Crippen molar-refractivity contribution in [3.05, 3.63) is 68.9 Å². The summed E-state index contributed by atoms with van der Waals surface area (Å²) >= 11 is 12.3. The van der Waals surface area contributed by atoms with E-state index in [2.05, 4.69) is 10.3 Å². The molecule has 4 amide bonds. The summed E-state index contributed by atoms with van der Waals surface area (Å²) in [5, 5.41) is 1.99. The van der Waals surface area contributed by atoms with Crippen molar-refractivity contribution in [2.75, 3.05) is 23.3 Å². The van der Waals surface area contributed by atoms with E-state index in [0.717, 1.165) is 99.0 Å². The summed E-state index contributed by atoms with van der Waals surface area (Å²) < 4.78 is 40.0. The first kappa shape index (κ1) is 41.5. The van der Waals surface area contributed by atoms with Crippen molar-refractivity contribution in [3.8, 4) is 0 Å². The number of benzene rings is 1. The minimum absolute atomic E-state index is 0.0525. The maximum atomic E-state index is 14.6. The summed E-state index contributed by atoms with van der Waals surface area (Å²) in [4.78, 5) is 80.8. The maximum Gasteiger partial charge on any atom is 0.327 e. The lowest BCUT2D eigenvalue weighted by Gasteiger charge is -2.22. The molecule has 8 rings (SSSR count). The van der Waals surface area contributed by atoms with Gasteiger partial charge in [0.2, 0.25) is 0 Å². The third-order valence-electron chi connectivity index (χ3n) is 11.4. The SMILES string of the molecule is O=C(CN=C1C=C(N2C(=O)C3=C(CCCC3)C2=O)C(F)=CC1Cl)OC1CCCC1.O=C(CNc1cc(N2C(=O)C3=C(CCCC3)C2=O)c(F)cc1Cl)OC1CCCC1. The fraction of sp³-hybridized carbons (Fsp3) is 0.500. The summed E-state index contributed by atoms with van der Waals surface area (Å²) in [5.74, 6) is -4.32. The molecular formula is C42H44Cl2F2N4O8. The molecule has 308 valence electrons. The highest BCUT2D eigenvalue weighted by molar-refractivity contribution is 6.37. The van der Waals surface area contributed by atoms with E-state index in [0.29, 0.717) is 48.0 Å². The number of hydrogen-bond donors (Lipinski definition) is 1. The first-order valence-electron chi connectivity index (χ1n) is 20.0. The van der Waals surface area contributed by atoms with Crippen LogP contribution in [0.5, 0.6) is 0 Å². The number of alkyl halides is 1. The van der Waals surface area contributed by atoms with Crippen molar-refractivity contribution in [1.82, 2.24) is 4.90 Å². The monoisotopic (exact) mass is 840 g/mol. The molecule has 1 aromatic carbocycles. The topological polar surface area (TPSA) is 152 Å². The van der Waals surface area contributed by atoms with Crippen molar-refractivity contribution in [1.29, 1.82) is 0 Å². The van der Waals surface area contributed by atoms with Crippen molar-refractivity contribution in [3.63, 3.8) is 0 Å². The lowest BCUT2D eigenvalue weighted by atomic mass is 9.93. The number of halogens is 4. The van der Waals surface area contributed by atoms with Gasteiger partial charge in [-0.1, -0.05) is 11.6 Å². The van der Waals surface area contributed by atoms with E-state index in [4.69, 9.17) is 32.7 Å². The third kappa shape index (κ3) is 8.83. The second-order valence-corrected chi connectivity index (χ2v) is 16.2. The van der Waals surface area contributed by atoms with Crippen molar-refractivity contribution in [2.24, 2.45) is 4.99 Å². The van der Waals surface area contributed by atoms with Gasteiger partial charge in [-0.05, 0) is 127 Å². The minimum Gasteiger partial charge on any atom is -0.461 e. The van der Waals surface area contributed by atoms with Gasteiger partial charge in [-0.2, -0.15) is 0 Å². The van der Waals surface area contributed by atoms with Crippen LogP contribution in [0, 0.1) is 5.82 Å². The summed E-state index contributed by atoms with van der Waals surface area (Å²) in [6.45, 7) is -0.386. The molecule has 0 radical (unpaired) electrons. The normalized spacial score (nSPS) is 23.2. The second kappa shape index (κ2) is 18.1. The van der Waals surface area contributed by atoms with Crippen LogP contribution in [0.2, 0.25) is 5.02 Å². The molecular weight excluding hydrogens is 797 g/mol. The van der Waals surface area contributed by atoms with E-state index < -0.39 is 52.6 Å². The number of esters is 2. The zero-order chi connectivity index (χ0) is 41.1. The number of aliphatic imine (C=N–C) groups is 1. The second-order valence-electron chi connectivity index (χ2n) is 15.3. The number of anilines is 2. The molecule has 12 nitrogen and oxygen atoms in total. The Kier molecular flexibility index (Phi) is 12.9. The number of allylic oxidation sites excluding steroid dienone is 3. The standard InChI is InChI=1S/2C21H22ClFN2O4/c2*22-15-9-16(23)18(25-20(27)13-7-3-4-8-14(13)21(25)28)10-17(15)24-11-19(26)29-12-5-1-2-6-12/h9-10,12,24H,1-8,11H2;9-10,12,15H,1-8,11H2. The summed E-state index contributed by atoms with van der Waals surface area (Å²) in [7, 11) is 0. The van der Waals surface area contributed by atoms with E-state index in [-0.39, 0.29) is 53.1 Å². The molecule has 16 heteroatoms. The Morgan fingerprint density at radius 1 is 0.724 bits per heavy atom. The number of carbonyl (C=O) groups excluding carboxylic acids is 6. The summed E-state index contributed by atoms with van der Waals surface area (Å²) in [6, 6.07) is 2.34. The van der Waals surface area contributed by atoms with Gasteiger partial charge in [0.1, 0.15) is 36.9 Å². The Hall–Kier alpha value is -4.69. The third-order valence-corrected chi connectivity index (χ3v) is 12.1. The van der Waals surface area contributed by atoms with E-state index in [1.165, 1.54) is 12.1 Å². The first-order valence-corrected chi connectivity index (χ1v) is 20.8. The molecule has 1 aromatic rings. The molecule has 0 spiro atoms. The lowest BCUT2D eigenvalue weighted by molar-refractivity contribution is -0.147. The van der Waals surface area contributed by atoms with Gasteiger partial charge in [-0.15, -0.1) is 11.6 Å². The van der Waals surface area contributed by atoms with Gasteiger partial charge >= 0.3 is 11.9 Å². The van der Waals surface area contributed by atoms with E-state index in [9.17, 15) is 37.5 Å². The molecule has 2 fully saturated rings. The van der Waals surface area contributed by atoms with Gasteiger partial charge in [-0.3, -0.25) is 33.8 Å². The number of hydrogen-bond acceptors (Lipinski definition) is 10. The Labute approximate surface area is 344 Å². The Morgan fingerprint density at radius 2 is 1.21 bits per heavy atom. The number of nitrogens with one attached hydrogen (secondary N) is 1. The molecule has 2 heterocycles. The Bertz CT molecular complexity index is 2030. The van der Waals surface area contributed by atoms with Crippen LogP contribution in [0.1, 0.15) is 103 Å². The molecule has 2 saturated carbocycles. The van der Waals surface area contributed by atoms with Crippen LogP contribution in [-0.4, -0.2) is 76.9 Å². The highest BCUT2D eigenvalue weighted by Crippen LogP contribution is 2.40. The van der Waals surface area contributed by atoms with Gasteiger partial charge in [0, 0.05) is 22.3 Å². The largest absolute Gasteiger partial charge is 0.461 e.